The molecule has 0 aromatic carbocycles. The molecule has 3 rings (SSSR count). The second-order valence-electron chi connectivity index (χ2n) is 5.99. The Hall–Kier alpha value is -2.05. The SMILES string of the molecule is CCCn1c(N2CCCCC2)nc2c1c(=O)n(C)c(=O)n2C. The van der Waals surface area contributed by atoms with E-state index in [1.54, 1.807) is 7.05 Å². The average molecular weight is 305 g/mol. The molecule has 2 aromatic heterocycles. The van der Waals surface area contributed by atoms with Gasteiger partial charge in [-0.15, -0.1) is 0 Å². The average Bonchev–Trinajstić information content (AvgIpc) is 2.92. The zero-order valence-electron chi connectivity index (χ0n) is 13.5. The maximum Gasteiger partial charge on any atom is 0.332 e. The number of piperidine rings is 1. The van der Waals surface area contributed by atoms with Gasteiger partial charge in [-0.25, -0.2) is 4.79 Å². The Morgan fingerprint density at radius 1 is 1.05 bits per heavy atom. The van der Waals surface area contributed by atoms with Gasteiger partial charge in [-0.05, 0) is 25.7 Å². The van der Waals surface area contributed by atoms with Crippen molar-refractivity contribution < 1.29 is 0 Å². The predicted octanol–water partition coefficient (Wildman–Crippen LogP) is 0.834. The lowest BCUT2D eigenvalue weighted by Gasteiger charge is -2.28. The van der Waals surface area contributed by atoms with Gasteiger partial charge in [-0.1, -0.05) is 6.92 Å². The largest absolute Gasteiger partial charge is 0.342 e. The Kier molecular flexibility index (Phi) is 3.80. The fraction of sp³-hybridized carbons (Fsp3) is 0.667. The first-order valence-electron chi connectivity index (χ1n) is 7.97. The lowest BCUT2D eigenvalue weighted by Crippen LogP contribution is -2.37. The molecule has 120 valence electrons. The molecule has 0 bridgehead atoms. The molecule has 1 fully saturated rings. The van der Waals surface area contributed by atoms with Crippen LogP contribution >= 0.6 is 0 Å². The number of nitrogens with zero attached hydrogens (tertiary/aromatic N) is 5. The standard InChI is InChI=1S/C15H23N5O2/c1-4-8-20-11-12(17(2)15(22)18(3)13(11)21)16-14(20)19-9-6-5-7-10-19/h4-10H2,1-3H3. The molecule has 1 aliphatic rings. The predicted molar refractivity (Wildman–Crippen MR) is 86.6 cm³/mol. The van der Waals surface area contributed by atoms with Gasteiger partial charge in [0.1, 0.15) is 0 Å². The van der Waals surface area contributed by atoms with E-state index < -0.39 is 0 Å². The molecule has 0 unspecified atom stereocenters. The second-order valence-corrected chi connectivity index (χ2v) is 5.99. The molecule has 0 amide bonds. The molecule has 0 saturated carbocycles. The van der Waals surface area contributed by atoms with Gasteiger partial charge in [-0.3, -0.25) is 13.9 Å². The topological polar surface area (TPSA) is 65.1 Å². The summed E-state index contributed by atoms with van der Waals surface area (Å²) in [6.45, 7) is 4.73. The van der Waals surface area contributed by atoms with Gasteiger partial charge in [0.15, 0.2) is 11.2 Å². The van der Waals surface area contributed by atoms with Gasteiger partial charge in [0.25, 0.3) is 5.56 Å². The monoisotopic (exact) mass is 305 g/mol. The number of anilines is 1. The smallest absolute Gasteiger partial charge is 0.332 e. The Balaban J connectivity index is 2.31. The van der Waals surface area contributed by atoms with E-state index in [2.05, 4.69) is 16.8 Å². The fourth-order valence-electron chi connectivity index (χ4n) is 3.21. The summed E-state index contributed by atoms with van der Waals surface area (Å²) in [6.07, 6.45) is 4.45. The van der Waals surface area contributed by atoms with E-state index in [4.69, 9.17) is 0 Å². The molecule has 2 aromatic rings. The van der Waals surface area contributed by atoms with Crippen molar-refractivity contribution in [3.8, 4) is 0 Å². The fourth-order valence-corrected chi connectivity index (χ4v) is 3.21. The van der Waals surface area contributed by atoms with E-state index in [1.807, 2.05) is 4.57 Å². The summed E-state index contributed by atoms with van der Waals surface area (Å²) in [4.78, 5) is 31.6. The second kappa shape index (κ2) is 5.62. The van der Waals surface area contributed by atoms with Crippen LogP contribution in [0, 0.1) is 0 Å². The number of hydrogen-bond donors (Lipinski definition) is 0. The van der Waals surface area contributed by atoms with Gasteiger partial charge in [0.05, 0.1) is 0 Å². The summed E-state index contributed by atoms with van der Waals surface area (Å²) < 4.78 is 4.62. The molecule has 0 spiro atoms. The summed E-state index contributed by atoms with van der Waals surface area (Å²) in [5.74, 6) is 0.829. The Morgan fingerprint density at radius 3 is 2.36 bits per heavy atom. The van der Waals surface area contributed by atoms with Crippen molar-refractivity contribution in [3.05, 3.63) is 20.8 Å². The van der Waals surface area contributed by atoms with E-state index in [1.165, 1.54) is 18.0 Å². The van der Waals surface area contributed by atoms with Crippen LogP contribution in [0.5, 0.6) is 0 Å². The summed E-state index contributed by atoms with van der Waals surface area (Å²) in [5, 5.41) is 0. The van der Waals surface area contributed by atoms with Crippen molar-refractivity contribution in [1.29, 1.82) is 0 Å². The number of aryl methyl sites for hydroxylation is 2. The van der Waals surface area contributed by atoms with Gasteiger partial charge in [-0.2, -0.15) is 4.98 Å². The molecule has 3 heterocycles. The molecule has 7 heteroatoms. The zero-order chi connectivity index (χ0) is 15.9. The molecule has 1 saturated heterocycles. The third-order valence-electron chi connectivity index (χ3n) is 4.41. The molecule has 0 aliphatic carbocycles. The van der Waals surface area contributed by atoms with E-state index in [-0.39, 0.29) is 11.2 Å². The van der Waals surface area contributed by atoms with Crippen molar-refractivity contribution in [2.75, 3.05) is 18.0 Å². The molecule has 0 atom stereocenters. The first kappa shape index (κ1) is 14.9. The minimum absolute atomic E-state index is 0.262. The van der Waals surface area contributed by atoms with Gasteiger partial charge in [0, 0.05) is 33.7 Å². The van der Waals surface area contributed by atoms with Crippen LogP contribution in [0.3, 0.4) is 0 Å². The minimum Gasteiger partial charge on any atom is -0.342 e. The highest BCUT2D eigenvalue weighted by atomic mass is 16.2. The molecule has 1 aliphatic heterocycles. The third-order valence-corrected chi connectivity index (χ3v) is 4.41. The highest BCUT2D eigenvalue weighted by Crippen LogP contribution is 2.23. The Labute approximate surface area is 128 Å². The van der Waals surface area contributed by atoms with Gasteiger partial charge >= 0.3 is 5.69 Å². The van der Waals surface area contributed by atoms with Crippen LogP contribution in [0.25, 0.3) is 11.2 Å². The molecular weight excluding hydrogens is 282 g/mol. The van der Waals surface area contributed by atoms with Crippen molar-refractivity contribution in [3.63, 3.8) is 0 Å². The van der Waals surface area contributed by atoms with Crippen molar-refractivity contribution >= 4 is 17.1 Å². The number of fused-ring (bicyclic) bond motifs is 1. The molecule has 7 nitrogen and oxygen atoms in total. The minimum atomic E-state index is -0.330. The quantitative estimate of drug-likeness (QED) is 0.842. The maximum absolute atomic E-state index is 12.6. The highest BCUT2D eigenvalue weighted by molar-refractivity contribution is 5.74. The van der Waals surface area contributed by atoms with Crippen LogP contribution < -0.4 is 16.1 Å². The van der Waals surface area contributed by atoms with Crippen LogP contribution in [0.2, 0.25) is 0 Å². The van der Waals surface area contributed by atoms with Gasteiger partial charge < -0.3 is 9.47 Å². The van der Waals surface area contributed by atoms with E-state index in [0.29, 0.717) is 11.2 Å². The molecular formula is C15H23N5O2. The summed E-state index contributed by atoms with van der Waals surface area (Å²) >= 11 is 0. The number of hydrogen-bond acceptors (Lipinski definition) is 4. The lowest BCUT2D eigenvalue weighted by atomic mass is 10.1. The Morgan fingerprint density at radius 2 is 1.73 bits per heavy atom. The van der Waals surface area contributed by atoms with Crippen LogP contribution in [0.4, 0.5) is 5.95 Å². The van der Waals surface area contributed by atoms with Crippen molar-refractivity contribution in [2.24, 2.45) is 14.1 Å². The van der Waals surface area contributed by atoms with E-state index in [9.17, 15) is 9.59 Å². The number of rotatable bonds is 3. The van der Waals surface area contributed by atoms with Crippen LogP contribution in [0.1, 0.15) is 32.6 Å². The van der Waals surface area contributed by atoms with Gasteiger partial charge in [0.2, 0.25) is 5.95 Å². The summed E-state index contributed by atoms with van der Waals surface area (Å²) in [7, 11) is 3.20. The molecule has 0 N–H and O–H groups in total. The maximum atomic E-state index is 12.6. The molecule has 0 radical (unpaired) electrons. The summed E-state index contributed by atoms with van der Waals surface area (Å²) in [5.41, 5.74) is 0.431. The van der Waals surface area contributed by atoms with Crippen molar-refractivity contribution in [1.82, 2.24) is 18.7 Å². The number of aromatic nitrogens is 4. The number of imidazole rings is 1. The van der Waals surface area contributed by atoms with E-state index in [0.717, 1.165) is 49.4 Å². The van der Waals surface area contributed by atoms with Crippen LogP contribution in [-0.2, 0) is 20.6 Å². The third kappa shape index (κ3) is 2.15. The Bertz CT molecular complexity index is 808. The molecule has 22 heavy (non-hydrogen) atoms. The highest BCUT2D eigenvalue weighted by Gasteiger charge is 2.23. The van der Waals surface area contributed by atoms with E-state index >= 15 is 0 Å². The zero-order valence-corrected chi connectivity index (χ0v) is 13.5. The van der Waals surface area contributed by atoms with Crippen LogP contribution in [-0.4, -0.2) is 31.8 Å². The van der Waals surface area contributed by atoms with Crippen molar-refractivity contribution in [2.45, 2.75) is 39.2 Å². The summed E-state index contributed by atoms with van der Waals surface area (Å²) in [6, 6.07) is 0. The normalized spacial score (nSPS) is 15.7. The first-order valence-corrected chi connectivity index (χ1v) is 7.97. The van der Waals surface area contributed by atoms with Crippen LogP contribution in [0.15, 0.2) is 9.59 Å². The first-order chi connectivity index (χ1) is 10.6. The lowest BCUT2D eigenvalue weighted by molar-refractivity contribution is 0.553.